The van der Waals surface area contributed by atoms with Crippen LogP contribution in [0.5, 0.6) is 5.75 Å². The number of hydrogen-bond donors (Lipinski definition) is 0. The van der Waals surface area contributed by atoms with Crippen LogP contribution in [-0.2, 0) is 22.6 Å². The van der Waals surface area contributed by atoms with E-state index in [4.69, 9.17) is 14.0 Å². The minimum atomic E-state index is -0.361. The van der Waals surface area contributed by atoms with E-state index < -0.39 is 0 Å². The summed E-state index contributed by atoms with van der Waals surface area (Å²) in [5.41, 5.74) is 2.03. The summed E-state index contributed by atoms with van der Waals surface area (Å²) in [5, 5.41) is 3.86. The molecule has 0 aliphatic carbocycles. The van der Waals surface area contributed by atoms with Gasteiger partial charge in [-0.15, -0.1) is 0 Å². The van der Waals surface area contributed by atoms with Gasteiger partial charge in [0.05, 0.1) is 13.0 Å². The highest BCUT2D eigenvalue weighted by atomic mass is 19.1. The molecule has 6 heteroatoms. The summed E-state index contributed by atoms with van der Waals surface area (Å²) in [5.74, 6) is 0.570. The van der Waals surface area contributed by atoms with Crippen molar-refractivity contribution in [2.45, 2.75) is 20.0 Å². The van der Waals surface area contributed by atoms with Crippen LogP contribution in [0, 0.1) is 5.82 Å². The van der Waals surface area contributed by atoms with Crippen LogP contribution in [0.2, 0.25) is 0 Å². The predicted octanol–water partition coefficient (Wildman–Crippen LogP) is 4.17. The van der Waals surface area contributed by atoms with Crippen LogP contribution < -0.4 is 4.74 Å². The van der Waals surface area contributed by atoms with Gasteiger partial charge < -0.3 is 14.0 Å². The number of aromatic nitrogens is 1. The molecular weight excluding hydrogens is 337 g/mol. The molecule has 0 spiro atoms. The molecule has 1 aromatic heterocycles. The SMILES string of the molecule is CCOc1ccc(CC(=O)OCc2cc(-c3ccc(F)cc3)on2)cc1. The lowest BCUT2D eigenvalue weighted by Gasteiger charge is -2.05. The molecule has 0 fully saturated rings. The van der Waals surface area contributed by atoms with Crippen molar-refractivity contribution >= 4 is 5.97 Å². The molecule has 0 amide bonds. The van der Waals surface area contributed by atoms with Gasteiger partial charge in [-0.2, -0.15) is 0 Å². The van der Waals surface area contributed by atoms with Gasteiger partial charge in [-0.1, -0.05) is 17.3 Å². The highest BCUT2D eigenvalue weighted by molar-refractivity contribution is 5.72. The maximum atomic E-state index is 12.9. The third kappa shape index (κ3) is 4.69. The lowest BCUT2D eigenvalue weighted by molar-refractivity contribution is -0.144. The molecule has 0 atom stereocenters. The zero-order valence-electron chi connectivity index (χ0n) is 14.3. The lowest BCUT2D eigenvalue weighted by Crippen LogP contribution is -2.08. The Morgan fingerprint density at radius 1 is 1.12 bits per heavy atom. The number of benzene rings is 2. The summed E-state index contributed by atoms with van der Waals surface area (Å²) >= 11 is 0. The standard InChI is InChI=1S/C20H18FNO4/c1-2-24-18-9-3-14(4-10-18)11-20(23)25-13-17-12-19(26-22-17)15-5-7-16(21)8-6-15/h3-10,12H,2,11,13H2,1H3. The average molecular weight is 355 g/mol. The summed E-state index contributed by atoms with van der Waals surface area (Å²) in [6.07, 6.45) is 0.162. The molecule has 3 rings (SSSR count). The second-order valence-corrected chi connectivity index (χ2v) is 5.60. The van der Waals surface area contributed by atoms with Crippen molar-refractivity contribution in [2.75, 3.05) is 6.61 Å². The van der Waals surface area contributed by atoms with Crippen LogP contribution >= 0.6 is 0 Å². The van der Waals surface area contributed by atoms with E-state index in [1.54, 1.807) is 18.2 Å². The Balaban J connectivity index is 1.52. The summed E-state index contributed by atoms with van der Waals surface area (Å²) in [7, 11) is 0. The summed E-state index contributed by atoms with van der Waals surface area (Å²) in [6, 6.07) is 14.8. The largest absolute Gasteiger partial charge is 0.494 e. The van der Waals surface area contributed by atoms with Gasteiger partial charge in [-0.3, -0.25) is 4.79 Å². The van der Waals surface area contributed by atoms with E-state index >= 15 is 0 Å². The first kappa shape index (κ1) is 17.7. The minimum absolute atomic E-state index is 0.0144. The summed E-state index contributed by atoms with van der Waals surface area (Å²) < 4.78 is 28.7. The van der Waals surface area contributed by atoms with E-state index in [0.29, 0.717) is 23.6 Å². The second-order valence-electron chi connectivity index (χ2n) is 5.60. The molecule has 1 heterocycles. The third-order valence-electron chi connectivity index (χ3n) is 3.65. The van der Waals surface area contributed by atoms with Crippen LogP contribution in [0.3, 0.4) is 0 Å². The Bertz CT molecular complexity index is 856. The van der Waals surface area contributed by atoms with Crippen LogP contribution in [0.15, 0.2) is 59.1 Å². The fourth-order valence-corrected chi connectivity index (χ4v) is 2.37. The highest BCUT2D eigenvalue weighted by Gasteiger charge is 2.10. The maximum absolute atomic E-state index is 12.9. The molecule has 134 valence electrons. The van der Waals surface area contributed by atoms with E-state index in [1.807, 2.05) is 31.2 Å². The van der Waals surface area contributed by atoms with Gasteiger partial charge in [-0.05, 0) is 48.9 Å². The van der Waals surface area contributed by atoms with Gasteiger partial charge in [0.1, 0.15) is 23.9 Å². The number of halogens is 1. The van der Waals surface area contributed by atoms with Crippen molar-refractivity contribution in [2.24, 2.45) is 0 Å². The first-order chi connectivity index (χ1) is 12.6. The van der Waals surface area contributed by atoms with E-state index in [9.17, 15) is 9.18 Å². The van der Waals surface area contributed by atoms with Crippen molar-refractivity contribution in [3.8, 4) is 17.1 Å². The molecule has 0 aliphatic heterocycles. The number of carbonyl (C=O) groups excluding carboxylic acids is 1. The van der Waals surface area contributed by atoms with Crippen molar-refractivity contribution in [1.82, 2.24) is 5.16 Å². The Morgan fingerprint density at radius 3 is 2.54 bits per heavy atom. The van der Waals surface area contributed by atoms with Crippen LogP contribution in [0.25, 0.3) is 11.3 Å². The fourth-order valence-electron chi connectivity index (χ4n) is 2.37. The highest BCUT2D eigenvalue weighted by Crippen LogP contribution is 2.21. The zero-order valence-corrected chi connectivity index (χ0v) is 14.3. The molecule has 26 heavy (non-hydrogen) atoms. The average Bonchev–Trinajstić information content (AvgIpc) is 3.11. The summed E-state index contributed by atoms with van der Waals surface area (Å²) in [4.78, 5) is 12.0. The van der Waals surface area contributed by atoms with Gasteiger partial charge in [0, 0.05) is 11.6 Å². The molecule has 0 bridgehead atoms. The van der Waals surface area contributed by atoms with Crippen LogP contribution in [-0.4, -0.2) is 17.7 Å². The maximum Gasteiger partial charge on any atom is 0.310 e. The van der Waals surface area contributed by atoms with Gasteiger partial charge in [0.2, 0.25) is 0 Å². The smallest absolute Gasteiger partial charge is 0.310 e. The normalized spacial score (nSPS) is 10.5. The summed E-state index contributed by atoms with van der Waals surface area (Å²) in [6.45, 7) is 2.52. The molecule has 0 saturated heterocycles. The Labute approximate surface area is 150 Å². The van der Waals surface area contributed by atoms with E-state index in [2.05, 4.69) is 5.16 Å². The van der Waals surface area contributed by atoms with Crippen molar-refractivity contribution in [3.05, 3.63) is 71.7 Å². The number of esters is 1. The molecule has 3 aromatic rings. The quantitative estimate of drug-likeness (QED) is 0.596. The van der Waals surface area contributed by atoms with Gasteiger partial charge >= 0.3 is 5.97 Å². The topological polar surface area (TPSA) is 61.6 Å². The number of carbonyl (C=O) groups is 1. The Morgan fingerprint density at radius 2 is 1.85 bits per heavy atom. The molecule has 0 unspecified atom stereocenters. The Hall–Kier alpha value is -3.15. The first-order valence-electron chi connectivity index (χ1n) is 8.23. The fraction of sp³-hybridized carbons (Fsp3) is 0.200. The molecule has 0 aliphatic rings. The number of ether oxygens (including phenoxy) is 2. The monoisotopic (exact) mass is 355 g/mol. The van der Waals surface area contributed by atoms with Crippen LogP contribution in [0.1, 0.15) is 18.2 Å². The van der Waals surface area contributed by atoms with Crippen molar-refractivity contribution in [1.29, 1.82) is 0 Å². The molecule has 0 saturated carbocycles. The molecule has 0 radical (unpaired) electrons. The number of hydrogen-bond acceptors (Lipinski definition) is 5. The van der Waals surface area contributed by atoms with Gasteiger partial charge in [0.25, 0.3) is 0 Å². The van der Waals surface area contributed by atoms with E-state index in [-0.39, 0.29) is 24.8 Å². The van der Waals surface area contributed by atoms with Crippen molar-refractivity contribution in [3.63, 3.8) is 0 Å². The first-order valence-corrected chi connectivity index (χ1v) is 8.23. The molecule has 2 aromatic carbocycles. The van der Waals surface area contributed by atoms with Crippen molar-refractivity contribution < 1.29 is 23.2 Å². The lowest BCUT2D eigenvalue weighted by atomic mass is 10.1. The molecule has 5 nitrogen and oxygen atoms in total. The van der Waals surface area contributed by atoms with E-state index in [1.165, 1.54) is 12.1 Å². The predicted molar refractivity (Wildman–Crippen MR) is 93.0 cm³/mol. The molecular formula is C20H18FNO4. The Kier molecular flexibility index (Phi) is 5.63. The van der Waals surface area contributed by atoms with Gasteiger partial charge in [-0.25, -0.2) is 4.39 Å². The second kappa shape index (κ2) is 8.29. The third-order valence-corrected chi connectivity index (χ3v) is 3.65. The molecule has 0 N–H and O–H groups in total. The van der Waals surface area contributed by atoms with Gasteiger partial charge in [0.15, 0.2) is 5.76 Å². The number of nitrogens with zero attached hydrogens (tertiary/aromatic N) is 1. The zero-order chi connectivity index (χ0) is 18.4. The minimum Gasteiger partial charge on any atom is -0.494 e. The van der Waals surface area contributed by atoms with Crippen LogP contribution in [0.4, 0.5) is 4.39 Å². The van der Waals surface area contributed by atoms with E-state index in [0.717, 1.165) is 11.3 Å². The number of rotatable bonds is 7.